The molecule has 1 aromatic rings. The number of rotatable bonds is 5. The Morgan fingerprint density at radius 2 is 2.23 bits per heavy atom. The molecule has 1 amide bonds. The zero-order valence-corrected chi connectivity index (χ0v) is 15.4. The molecule has 0 aliphatic carbocycles. The second-order valence-electron chi connectivity index (χ2n) is 7.59. The van der Waals surface area contributed by atoms with E-state index in [1.165, 1.54) is 10.6 Å². The number of carbonyl (C=O) groups excluding carboxylic acids is 1. The van der Waals surface area contributed by atoms with Gasteiger partial charge in [0.1, 0.15) is 6.54 Å². The number of aromatic nitrogens is 1. The molecule has 4 rings (SSSR count). The van der Waals surface area contributed by atoms with Crippen molar-refractivity contribution in [1.29, 1.82) is 0 Å². The van der Waals surface area contributed by atoms with Crippen molar-refractivity contribution in [3.05, 3.63) is 34.7 Å². The molecular formula is C17H23N3O5S. The normalized spacial score (nSPS) is 32.8. The van der Waals surface area contributed by atoms with E-state index in [1.54, 1.807) is 23.2 Å². The fourth-order valence-corrected chi connectivity index (χ4v) is 5.23. The molecule has 0 saturated carbocycles. The smallest absolute Gasteiger partial charge is 0.250 e. The standard InChI is InChI=1S/C17H23N3O5S/c1-26(23,24)18-8-12-13-9-20(11-17(13)6-5-14(12)25-17)16(22)10-19-7-3-2-4-15(19)21/h2-4,7,12-14,18H,5-6,8-11H2,1H3/t12-,13+,14+,17+/m0/s1. The summed E-state index contributed by atoms with van der Waals surface area (Å²) < 4.78 is 33.1. The van der Waals surface area contributed by atoms with Crippen molar-refractivity contribution in [2.24, 2.45) is 11.8 Å². The lowest BCUT2D eigenvalue weighted by Gasteiger charge is -2.29. The molecule has 8 nitrogen and oxygen atoms in total. The summed E-state index contributed by atoms with van der Waals surface area (Å²) >= 11 is 0. The molecule has 3 aliphatic rings. The molecule has 1 spiro atoms. The van der Waals surface area contributed by atoms with Gasteiger partial charge in [0.2, 0.25) is 15.9 Å². The zero-order chi connectivity index (χ0) is 18.5. The van der Waals surface area contributed by atoms with E-state index in [4.69, 9.17) is 4.74 Å². The van der Waals surface area contributed by atoms with Crippen molar-refractivity contribution in [3.63, 3.8) is 0 Å². The molecule has 1 N–H and O–H groups in total. The number of amides is 1. The van der Waals surface area contributed by atoms with Crippen molar-refractivity contribution < 1.29 is 17.9 Å². The SMILES string of the molecule is CS(=O)(=O)NC[C@H]1[C@H]2CN(C(=O)Cn3ccccc3=O)C[C@]23CC[C@H]1O3. The average molecular weight is 381 g/mol. The predicted molar refractivity (Wildman–Crippen MR) is 93.9 cm³/mol. The van der Waals surface area contributed by atoms with E-state index < -0.39 is 10.0 Å². The third kappa shape index (κ3) is 3.08. The van der Waals surface area contributed by atoms with E-state index in [0.29, 0.717) is 19.6 Å². The molecule has 142 valence electrons. The molecule has 1 aromatic heterocycles. The van der Waals surface area contributed by atoms with E-state index in [9.17, 15) is 18.0 Å². The molecular weight excluding hydrogens is 358 g/mol. The summed E-state index contributed by atoms with van der Waals surface area (Å²) in [4.78, 5) is 26.3. The highest BCUT2D eigenvalue weighted by atomic mass is 32.2. The lowest BCUT2D eigenvalue weighted by Crippen LogP contribution is -2.41. The number of pyridine rings is 1. The molecule has 3 fully saturated rings. The summed E-state index contributed by atoms with van der Waals surface area (Å²) in [5.41, 5.74) is -0.558. The van der Waals surface area contributed by atoms with Crippen LogP contribution in [0.2, 0.25) is 0 Å². The fourth-order valence-electron chi connectivity index (χ4n) is 4.74. The number of nitrogens with zero attached hydrogens (tertiary/aromatic N) is 2. The van der Waals surface area contributed by atoms with Crippen LogP contribution in [0, 0.1) is 11.8 Å². The van der Waals surface area contributed by atoms with Crippen LogP contribution in [0.15, 0.2) is 29.2 Å². The van der Waals surface area contributed by atoms with Crippen molar-refractivity contribution in [3.8, 4) is 0 Å². The molecule has 3 aliphatic heterocycles. The summed E-state index contributed by atoms with van der Waals surface area (Å²) in [6.45, 7) is 1.42. The summed E-state index contributed by atoms with van der Waals surface area (Å²) in [6, 6.07) is 4.81. The maximum atomic E-state index is 12.7. The maximum Gasteiger partial charge on any atom is 0.250 e. The predicted octanol–water partition coefficient (Wildman–Crippen LogP) is -0.596. The van der Waals surface area contributed by atoms with Crippen LogP contribution in [-0.2, 0) is 26.1 Å². The van der Waals surface area contributed by atoms with Gasteiger partial charge in [0.15, 0.2) is 0 Å². The third-order valence-electron chi connectivity index (χ3n) is 5.92. The van der Waals surface area contributed by atoms with E-state index >= 15 is 0 Å². The van der Waals surface area contributed by atoms with Crippen molar-refractivity contribution in [2.75, 3.05) is 25.9 Å². The maximum absolute atomic E-state index is 12.7. The van der Waals surface area contributed by atoms with Crippen LogP contribution in [0.4, 0.5) is 0 Å². The van der Waals surface area contributed by atoms with Gasteiger partial charge >= 0.3 is 0 Å². The first-order valence-corrected chi connectivity index (χ1v) is 10.7. The van der Waals surface area contributed by atoms with E-state index in [0.717, 1.165) is 19.1 Å². The summed E-state index contributed by atoms with van der Waals surface area (Å²) in [7, 11) is -3.26. The number of ether oxygens (including phenoxy) is 1. The molecule has 3 saturated heterocycles. The Morgan fingerprint density at radius 1 is 1.42 bits per heavy atom. The first-order chi connectivity index (χ1) is 12.3. The molecule has 26 heavy (non-hydrogen) atoms. The molecule has 2 bridgehead atoms. The summed E-state index contributed by atoms with van der Waals surface area (Å²) in [6.07, 6.45) is 4.61. The largest absolute Gasteiger partial charge is 0.369 e. The van der Waals surface area contributed by atoms with Crippen molar-refractivity contribution >= 4 is 15.9 Å². The van der Waals surface area contributed by atoms with Crippen LogP contribution < -0.4 is 10.3 Å². The van der Waals surface area contributed by atoms with Crippen LogP contribution in [0.3, 0.4) is 0 Å². The van der Waals surface area contributed by atoms with E-state index in [1.807, 2.05) is 0 Å². The van der Waals surface area contributed by atoms with Gasteiger partial charge in [-0.25, -0.2) is 13.1 Å². The minimum atomic E-state index is -3.26. The van der Waals surface area contributed by atoms with E-state index in [2.05, 4.69) is 4.72 Å². The zero-order valence-electron chi connectivity index (χ0n) is 14.6. The number of hydrogen-bond acceptors (Lipinski definition) is 5. The van der Waals surface area contributed by atoms with Gasteiger partial charge in [-0.1, -0.05) is 6.07 Å². The second-order valence-corrected chi connectivity index (χ2v) is 9.42. The van der Waals surface area contributed by atoms with Gasteiger partial charge in [0, 0.05) is 37.2 Å². The van der Waals surface area contributed by atoms with Crippen LogP contribution in [0.25, 0.3) is 0 Å². The Morgan fingerprint density at radius 3 is 2.96 bits per heavy atom. The van der Waals surface area contributed by atoms with Crippen LogP contribution >= 0.6 is 0 Å². The summed E-state index contributed by atoms with van der Waals surface area (Å²) in [5, 5.41) is 0. The highest BCUT2D eigenvalue weighted by molar-refractivity contribution is 7.88. The first-order valence-electron chi connectivity index (χ1n) is 8.83. The monoisotopic (exact) mass is 381 g/mol. The van der Waals surface area contributed by atoms with Crippen molar-refractivity contribution in [1.82, 2.24) is 14.2 Å². The van der Waals surface area contributed by atoms with Crippen molar-refractivity contribution in [2.45, 2.75) is 31.1 Å². The van der Waals surface area contributed by atoms with Gasteiger partial charge in [0.05, 0.1) is 24.5 Å². The second kappa shape index (κ2) is 6.17. The van der Waals surface area contributed by atoms with Gasteiger partial charge in [-0.15, -0.1) is 0 Å². The molecule has 0 unspecified atom stereocenters. The number of likely N-dealkylation sites (tertiary alicyclic amines) is 1. The molecule has 9 heteroatoms. The molecule has 4 atom stereocenters. The average Bonchev–Trinajstić information content (AvgIpc) is 3.22. The molecule has 4 heterocycles. The van der Waals surface area contributed by atoms with Crippen LogP contribution in [0.5, 0.6) is 0 Å². The Labute approximate surface area is 152 Å². The molecule has 0 aromatic carbocycles. The van der Waals surface area contributed by atoms with Gasteiger partial charge in [-0.2, -0.15) is 0 Å². The van der Waals surface area contributed by atoms with E-state index in [-0.39, 0.29) is 41.6 Å². The topological polar surface area (TPSA) is 97.7 Å². The van der Waals surface area contributed by atoms with Crippen LogP contribution in [0.1, 0.15) is 12.8 Å². The highest BCUT2D eigenvalue weighted by Crippen LogP contribution is 2.54. The number of carbonyl (C=O) groups is 1. The third-order valence-corrected chi connectivity index (χ3v) is 6.61. The Bertz CT molecular complexity index is 882. The summed E-state index contributed by atoms with van der Waals surface area (Å²) in [5.74, 6) is 0.103. The minimum absolute atomic E-state index is 0.0121. The first kappa shape index (κ1) is 17.7. The minimum Gasteiger partial charge on any atom is -0.369 e. The van der Waals surface area contributed by atoms with Crippen LogP contribution in [-0.4, -0.2) is 61.4 Å². The lowest BCUT2D eigenvalue weighted by atomic mass is 9.74. The van der Waals surface area contributed by atoms with Gasteiger partial charge in [-0.05, 0) is 18.9 Å². The number of hydrogen-bond donors (Lipinski definition) is 1. The number of sulfonamides is 1. The van der Waals surface area contributed by atoms with Gasteiger partial charge < -0.3 is 14.2 Å². The lowest BCUT2D eigenvalue weighted by molar-refractivity contribution is -0.132. The highest BCUT2D eigenvalue weighted by Gasteiger charge is 2.63. The van der Waals surface area contributed by atoms with Gasteiger partial charge in [0.25, 0.3) is 5.56 Å². The number of fused-ring (bicyclic) bond motifs is 1. The Balaban J connectivity index is 1.47. The fraction of sp³-hybridized carbons (Fsp3) is 0.647. The van der Waals surface area contributed by atoms with Gasteiger partial charge in [-0.3, -0.25) is 9.59 Å². The Kier molecular flexibility index (Phi) is 4.20. The molecule has 0 radical (unpaired) electrons. The Hall–Kier alpha value is -1.71. The quantitative estimate of drug-likeness (QED) is 0.735. The number of nitrogens with one attached hydrogen (secondary N) is 1.